The molecule has 1 fully saturated rings. The normalized spacial score (nSPS) is 14.4. The summed E-state index contributed by atoms with van der Waals surface area (Å²) in [6.45, 7) is 2.91. The lowest BCUT2D eigenvalue weighted by atomic mass is 9.95. The zero-order chi connectivity index (χ0) is 21.0. The monoisotopic (exact) mass is 457 g/mol. The maximum absolute atomic E-state index is 12.7. The third-order valence-corrected chi connectivity index (χ3v) is 5.84. The molecule has 0 saturated carbocycles. The van der Waals surface area contributed by atoms with Gasteiger partial charge in [0.25, 0.3) is 11.8 Å². The number of piperidine rings is 1. The van der Waals surface area contributed by atoms with Gasteiger partial charge in [0.1, 0.15) is 0 Å². The van der Waals surface area contributed by atoms with Gasteiger partial charge in [0.15, 0.2) is 0 Å². The van der Waals surface area contributed by atoms with Crippen LogP contribution in [-0.4, -0.2) is 42.8 Å². The molecule has 2 aromatic carbocycles. The van der Waals surface area contributed by atoms with Gasteiger partial charge in [-0.15, -0.1) is 0 Å². The van der Waals surface area contributed by atoms with Crippen molar-refractivity contribution in [2.45, 2.75) is 19.8 Å². The fourth-order valence-electron chi connectivity index (χ4n) is 3.51. The molecule has 152 valence electrons. The number of rotatable bonds is 4. The Morgan fingerprint density at radius 2 is 1.69 bits per heavy atom. The van der Waals surface area contributed by atoms with Crippen molar-refractivity contribution < 1.29 is 14.4 Å². The zero-order valence-electron chi connectivity index (χ0n) is 16.5. The first-order valence-corrected chi connectivity index (χ1v) is 10.4. The Morgan fingerprint density at radius 3 is 2.31 bits per heavy atom. The fraction of sp³-hybridized carbons (Fsp3) is 0.318. The number of amides is 3. The second-order valence-corrected chi connectivity index (χ2v) is 8.04. The molecule has 2 N–H and O–H groups in total. The Morgan fingerprint density at radius 1 is 1.03 bits per heavy atom. The lowest BCUT2D eigenvalue weighted by molar-refractivity contribution is -0.121. The number of carbonyl (C=O) groups excluding carboxylic acids is 3. The Balaban J connectivity index is 1.60. The predicted molar refractivity (Wildman–Crippen MR) is 116 cm³/mol. The number of hydrogen-bond donors (Lipinski definition) is 2. The summed E-state index contributed by atoms with van der Waals surface area (Å²) in [5, 5.41) is 5.56. The number of halogens is 1. The first-order valence-electron chi connectivity index (χ1n) is 9.58. The molecule has 0 aromatic heterocycles. The van der Waals surface area contributed by atoms with Crippen molar-refractivity contribution in [1.82, 2.24) is 10.2 Å². The number of nitrogens with one attached hydrogen (secondary N) is 2. The van der Waals surface area contributed by atoms with Gasteiger partial charge in [-0.3, -0.25) is 14.4 Å². The molecule has 0 aliphatic carbocycles. The summed E-state index contributed by atoms with van der Waals surface area (Å²) >= 11 is 3.37. The number of hydrogen-bond acceptors (Lipinski definition) is 3. The van der Waals surface area contributed by atoms with Crippen LogP contribution in [0.25, 0.3) is 0 Å². The topological polar surface area (TPSA) is 78.5 Å². The maximum atomic E-state index is 12.7. The summed E-state index contributed by atoms with van der Waals surface area (Å²) in [4.78, 5) is 39.1. The molecule has 1 aliphatic heterocycles. The largest absolute Gasteiger partial charge is 0.355 e. The molecule has 0 spiro atoms. The summed E-state index contributed by atoms with van der Waals surface area (Å²) in [7, 11) is 1.58. The van der Waals surface area contributed by atoms with E-state index in [1.54, 1.807) is 42.3 Å². The SMILES string of the molecule is CNC(=O)c1cccc(NC(=O)C2CCN(C(=O)c3ccc(Br)cc3)CC2)c1C. The molecule has 7 heteroatoms. The average molecular weight is 458 g/mol. The maximum Gasteiger partial charge on any atom is 0.253 e. The molecule has 0 radical (unpaired) electrons. The second-order valence-electron chi connectivity index (χ2n) is 7.12. The van der Waals surface area contributed by atoms with Crippen molar-refractivity contribution in [3.63, 3.8) is 0 Å². The van der Waals surface area contributed by atoms with Gasteiger partial charge in [-0.1, -0.05) is 22.0 Å². The molecule has 1 saturated heterocycles. The number of likely N-dealkylation sites (tertiary alicyclic amines) is 1. The molecule has 0 unspecified atom stereocenters. The minimum Gasteiger partial charge on any atom is -0.355 e. The van der Waals surface area contributed by atoms with Crippen LogP contribution in [0, 0.1) is 12.8 Å². The molecular formula is C22H24BrN3O3. The lowest BCUT2D eigenvalue weighted by Crippen LogP contribution is -2.41. The summed E-state index contributed by atoms with van der Waals surface area (Å²) in [5.74, 6) is -0.422. The van der Waals surface area contributed by atoms with Crippen LogP contribution in [0.3, 0.4) is 0 Å². The van der Waals surface area contributed by atoms with Gasteiger partial charge < -0.3 is 15.5 Å². The van der Waals surface area contributed by atoms with Gasteiger partial charge in [0.2, 0.25) is 5.91 Å². The van der Waals surface area contributed by atoms with Crippen LogP contribution in [-0.2, 0) is 4.79 Å². The minimum absolute atomic E-state index is 0.00881. The highest BCUT2D eigenvalue weighted by molar-refractivity contribution is 9.10. The molecule has 3 rings (SSSR count). The van der Waals surface area contributed by atoms with Crippen LogP contribution in [0.4, 0.5) is 5.69 Å². The summed E-state index contributed by atoms with van der Waals surface area (Å²) < 4.78 is 0.931. The molecule has 1 heterocycles. The number of nitrogens with zero attached hydrogens (tertiary/aromatic N) is 1. The quantitative estimate of drug-likeness (QED) is 0.735. The van der Waals surface area contributed by atoms with Crippen LogP contribution in [0.15, 0.2) is 46.9 Å². The molecule has 3 amide bonds. The van der Waals surface area contributed by atoms with E-state index in [2.05, 4.69) is 26.6 Å². The van der Waals surface area contributed by atoms with E-state index in [-0.39, 0.29) is 23.6 Å². The highest BCUT2D eigenvalue weighted by Crippen LogP contribution is 2.24. The van der Waals surface area contributed by atoms with E-state index in [4.69, 9.17) is 0 Å². The number of carbonyl (C=O) groups is 3. The van der Waals surface area contributed by atoms with E-state index < -0.39 is 0 Å². The number of benzene rings is 2. The van der Waals surface area contributed by atoms with E-state index in [9.17, 15) is 14.4 Å². The highest BCUT2D eigenvalue weighted by atomic mass is 79.9. The molecule has 6 nitrogen and oxygen atoms in total. The van der Waals surface area contributed by atoms with Crippen molar-refractivity contribution in [3.8, 4) is 0 Å². The molecule has 0 atom stereocenters. The smallest absolute Gasteiger partial charge is 0.253 e. The Hall–Kier alpha value is -2.67. The molecule has 0 bridgehead atoms. The van der Waals surface area contributed by atoms with Crippen molar-refractivity contribution in [3.05, 3.63) is 63.6 Å². The summed E-state index contributed by atoms with van der Waals surface area (Å²) in [6.07, 6.45) is 1.23. The minimum atomic E-state index is -0.182. The van der Waals surface area contributed by atoms with E-state index in [0.29, 0.717) is 42.7 Å². The number of anilines is 1. The van der Waals surface area contributed by atoms with E-state index in [1.807, 2.05) is 19.1 Å². The first-order chi connectivity index (χ1) is 13.9. The van der Waals surface area contributed by atoms with Gasteiger partial charge in [0, 0.05) is 47.3 Å². The van der Waals surface area contributed by atoms with Crippen molar-refractivity contribution in [2.24, 2.45) is 5.92 Å². The van der Waals surface area contributed by atoms with Gasteiger partial charge in [-0.2, -0.15) is 0 Å². The molecular weight excluding hydrogens is 434 g/mol. The van der Waals surface area contributed by atoms with Gasteiger partial charge in [0.05, 0.1) is 0 Å². The summed E-state index contributed by atoms with van der Waals surface area (Å²) in [6, 6.07) is 12.6. The van der Waals surface area contributed by atoms with Gasteiger partial charge >= 0.3 is 0 Å². The Labute approximate surface area is 178 Å². The third kappa shape index (κ3) is 4.85. The Bertz CT molecular complexity index is 919. The second kappa shape index (κ2) is 9.22. The highest BCUT2D eigenvalue weighted by Gasteiger charge is 2.28. The predicted octanol–water partition coefficient (Wildman–Crippen LogP) is 3.61. The molecule has 29 heavy (non-hydrogen) atoms. The van der Waals surface area contributed by atoms with Crippen molar-refractivity contribution in [2.75, 3.05) is 25.5 Å². The van der Waals surface area contributed by atoms with Crippen LogP contribution in [0.2, 0.25) is 0 Å². The van der Waals surface area contributed by atoms with E-state index in [1.165, 1.54) is 0 Å². The molecule has 1 aliphatic rings. The van der Waals surface area contributed by atoms with Gasteiger partial charge in [-0.25, -0.2) is 0 Å². The van der Waals surface area contributed by atoms with Crippen LogP contribution >= 0.6 is 15.9 Å². The molecule has 2 aromatic rings. The Kier molecular flexibility index (Phi) is 6.69. The lowest BCUT2D eigenvalue weighted by Gasteiger charge is -2.31. The average Bonchev–Trinajstić information content (AvgIpc) is 2.74. The van der Waals surface area contributed by atoms with Crippen LogP contribution in [0.5, 0.6) is 0 Å². The fourth-order valence-corrected chi connectivity index (χ4v) is 3.77. The zero-order valence-corrected chi connectivity index (χ0v) is 18.1. The summed E-state index contributed by atoms with van der Waals surface area (Å²) in [5.41, 5.74) is 2.57. The third-order valence-electron chi connectivity index (χ3n) is 5.31. The van der Waals surface area contributed by atoms with Crippen LogP contribution in [0.1, 0.15) is 39.1 Å². The van der Waals surface area contributed by atoms with Crippen molar-refractivity contribution in [1.29, 1.82) is 0 Å². The van der Waals surface area contributed by atoms with E-state index >= 15 is 0 Å². The van der Waals surface area contributed by atoms with Gasteiger partial charge in [-0.05, 0) is 61.7 Å². The standard InChI is InChI=1S/C22H24BrN3O3/c1-14-18(21(28)24-2)4-3-5-19(14)25-20(27)15-10-12-26(13-11-15)22(29)16-6-8-17(23)9-7-16/h3-9,15H,10-13H2,1-2H3,(H,24,28)(H,25,27). The van der Waals surface area contributed by atoms with Crippen molar-refractivity contribution >= 4 is 39.3 Å². The first kappa shape index (κ1) is 21.0. The van der Waals surface area contributed by atoms with E-state index in [0.717, 1.165) is 10.0 Å². The van der Waals surface area contributed by atoms with Crippen LogP contribution < -0.4 is 10.6 Å².